The van der Waals surface area contributed by atoms with Crippen LogP contribution in [0.5, 0.6) is 0 Å². The lowest BCUT2D eigenvalue weighted by molar-refractivity contribution is -0.132. The molecule has 1 spiro atoms. The zero-order valence-electron chi connectivity index (χ0n) is 15.2. The van der Waals surface area contributed by atoms with E-state index in [1.807, 2.05) is 4.90 Å². The number of nitrogens with zero attached hydrogens (tertiary/aromatic N) is 4. The lowest BCUT2D eigenvalue weighted by Gasteiger charge is -2.22. The summed E-state index contributed by atoms with van der Waals surface area (Å²) in [7, 11) is 0. The maximum atomic E-state index is 12.5. The van der Waals surface area contributed by atoms with Crippen molar-refractivity contribution in [2.24, 2.45) is 11.3 Å². The zero-order valence-corrected chi connectivity index (χ0v) is 15.2. The summed E-state index contributed by atoms with van der Waals surface area (Å²) in [4.78, 5) is 31.0. The van der Waals surface area contributed by atoms with Gasteiger partial charge in [0.15, 0.2) is 0 Å². The molecule has 0 radical (unpaired) electrons. The summed E-state index contributed by atoms with van der Waals surface area (Å²) in [6.07, 6.45) is 9.16. The van der Waals surface area contributed by atoms with Crippen LogP contribution in [0.15, 0.2) is 6.33 Å². The molecule has 1 atom stereocenters. The minimum absolute atomic E-state index is 0.0171. The van der Waals surface area contributed by atoms with E-state index >= 15 is 0 Å². The molecule has 2 N–H and O–H groups in total. The second-order valence-electron chi connectivity index (χ2n) is 7.92. The minimum Gasteiger partial charge on any atom is -0.341 e. The predicted molar refractivity (Wildman–Crippen MR) is 96.3 cm³/mol. The molecular formula is C18H28N6O2. The third-order valence-electron chi connectivity index (χ3n) is 6.13. The second-order valence-corrected chi connectivity index (χ2v) is 7.92. The fourth-order valence-electron chi connectivity index (χ4n) is 4.38. The highest BCUT2D eigenvalue weighted by atomic mass is 16.2. The van der Waals surface area contributed by atoms with Crippen LogP contribution in [0.2, 0.25) is 0 Å². The van der Waals surface area contributed by atoms with Gasteiger partial charge in [-0.3, -0.25) is 14.9 Å². The van der Waals surface area contributed by atoms with Crippen LogP contribution < -0.4 is 10.6 Å². The van der Waals surface area contributed by atoms with E-state index < -0.39 is 0 Å². The highest BCUT2D eigenvalue weighted by Gasteiger charge is 2.57. The van der Waals surface area contributed by atoms with E-state index in [0.717, 1.165) is 58.3 Å². The zero-order chi connectivity index (χ0) is 18.0. The molecular weight excluding hydrogens is 332 g/mol. The van der Waals surface area contributed by atoms with Crippen LogP contribution in [0.3, 0.4) is 0 Å². The van der Waals surface area contributed by atoms with Crippen molar-refractivity contribution in [3.63, 3.8) is 0 Å². The Balaban J connectivity index is 1.29. The first-order valence-electron chi connectivity index (χ1n) is 9.85. The molecule has 4 rings (SSSR count). The number of rotatable bonds is 4. The first-order chi connectivity index (χ1) is 12.7. The van der Waals surface area contributed by atoms with Crippen LogP contribution in [0, 0.1) is 11.3 Å². The van der Waals surface area contributed by atoms with E-state index in [1.165, 1.54) is 23.9 Å². The average Bonchev–Trinajstić information content (AvgIpc) is 3.27. The molecule has 1 aromatic rings. The molecule has 0 bridgehead atoms. The molecule has 3 fully saturated rings. The number of anilines is 1. The van der Waals surface area contributed by atoms with Gasteiger partial charge < -0.3 is 10.2 Å². The molecule has 0 aromatic carbocycles. The van der Waals surface area contributed by atoms with Gasteiger partial charge in [-0.15, -0.1) is 5.10 Å². The Morgan fingerprint density at radius 3 is 2.65 bits per heavy atom. The molecule has 1 saturated carbocycles. The number of nitrogens with one attached hydrogen (secondary N) is 2. The van der Waals surface area contributed by atoms with E-state index in [9.17, 15) is 9.59 Å². The van der Waals surface area contributed by atoms with Gasteiger partial charge in [0.25, 0.3) is 0 Å². The van der Waals surface area contributed by atoms with Crippen molar-refractivity contribution in [1.82, 2.24) is 25.0 Å². The number of hydrogen-bond acceptors (Lipinski definition) is 5. The van der Waals surface area contributed by atoms with Crippen LogP contribution in [0.25, 0.3) is 0 Å². The summed E-state index contributed by atoms with van der Waals surface area (Å²) in [5.74, 6) is 0.471. The van der Waals surface area contributed by atoms with E-state index in [0.29, 0.717) is 5.95 Å². The maximum Gasteiger partial charge on any atom is 0.248 e. The standard InChI is InChI=1S/C18H28N6O2/c25-15(23-9-3-1-2-4-10-23)12-24-13-20-17(22-24)21-16(26)14-11-18(14)5-7-19-8-6-18/h13-14,19H,1-12H2,(H,21,22,26). The summed E-state index contributed by atoms with van der Waals surface area (Å²) < 4.78 is 1.52. The summed E-state index contributed by atoms with van der Waals surface area (Å²) in [6.45, 7) is 3.83. The highest BCUT2D eigenvalue weighted by Crippen LogP contribution is 2.58. The Bertz CT molecular complexity index is 658. The number of carbonyl (C=O) groups is 2. The first-order valence-corrected chi connectivity index (χ1v) is 9.85. The SMILES string of the molecule is O=C(Nc1ncn(CC(=O)N2CCCCCC2)n1)C1CC12CCNCC2. The van der Waals surface area contributed by atoms with Crippen molar-refractivity contribution < 1.29 is 9.59 Å². The molecule has 2 saturated heterocycles. The maximum absolute atomic E-state index is 12.5. The third kappa shape index (κ3) is 3.75. The molecule has 3 heterocycles. The Morgan fingerprint density at radius 1 is 1.19 bits per heavy atom. The Labute approximate surface area is 153 Å². The molecule has 1 aromatic heterocycles. The number of aromatic nitrogens is 3. The smallest absolute Gasteiger partial charge is 0.248 e. The predicted octanol–water partition coefficient (Wildman–Crippen LogP) is 1.01. The molecule has 1 aliphatic carbocycles. The van der Waals surface area contributed by atoms with Crippen molar-refractivity contribution in [2.75, 3.05) is 31.5 Å². The molecule has 26 heavy (non-hydrogen) atoms. The normalized spacial score (nSPS) is 24.9. The van der Waals surface area contributed by atoms with Gasteiger partial charge in [0, 0.05) is 19.0 Å². The van der Waals surface area contributed by atoms with Gasteiger partial charge in [-0.1, -0.05) is 12.8 Å². The van der Waals surface area contributed by atoms with Gasteiger partial charge in [-0.25, -0.2) is 9.67 Å². The number of carbonyl (C=O) groups excluding carboxylic acids is 2. The van der Waals surface area contributed by atoms with Crippen molar-refractivity contribution in [3.05, 3.63) is 6.33 Å². The largest absolute Gasteiger partial charge is 0.341 e. The van der Waals surface area contributed by atoms with Gasteiger partial charge in [0.05, 0.1) is 0 Å². The highest BCUT2D eigenvalue weighted by molar-refractivity contribution is 5.93. The average molecular weight is 360 g/mol. The first kappa shape index (κ1) is 17.5. The van der Waals surface area contributed by atoms with Gasteiger partial charge in [0.1, 0.15) is 12.9 Å². The number of likely N-dealkylation sites (tertiary alicyclic amines) is 1. The molecule has 8 heteroatoms. The Morgan fingerprint density at radius 2 is 1.92 bits per heavy atom. The van der Waals surface area contributed by atoms with Crippen molar-refractivity contribution in [1.29, 1.82) is 0 Å². The summed E-state index contributed by atoms with van der Waals surface area (Å²) in [5.41, 5.74) is 0.195. The van der Waals surface area contributed by atoms with Crippen LogP contribution in [0.4, 0.5) is 5.95 Å². The lowest BCUT2D eigenvalue weighted by Crippen LogP contribution is -2.34. The Kier molecular flexibility index (Phi) is 4.93. The second kappa shape index (κ2) is 7.34. The summed E-state index contributed by atoms with van der Waals surface area (Å²) in [5, 5.41) is 10.4. The third-order valence-corrected chi connectivity index (χ3v) is 6.13. The van der Waals surface area contributed by atoms with Crippen molar-refractivity contribution in [3.8, 4) is 0 Å². The van der Waals surface area contributed by atoms with E-state index in [2.05, 4.69) is 20.7 Å². The molecule has 142 valence electrons. The van der Waals surface area contributed by atoms with Crippen molar-refractivity contribution >= 4 is 17.8 Å². The van der Waals surface area contributed by atoms with Gasteiger partial charge in [0.2, 0.25) is 17.8 Å². The molecule has 2 aliphatic heterocycles. The van der Waals surface area contributed by atoms with Gasteiger partial charge in [-0.05, 0) is 50.6 Å². The fraction of sp³-hybridized carbons (Fsp3) is 0.778. The fourth-order valence-corrected chi connectivity index (χ4v) is 4.38. The number of amides is 2. The molecule has 2 amide bonds. The molecule has 1 unspecified atom stereocenters. The Hall–Kier alpha value is -1.96. The monoisotopic (exact) mass is 360 g/mol. The van der Waals surface area contributed by atoms with Crippen LogP contribution >= 0.6 is 0 Å². The van der Waals surface area contributed by atoms with E-state index in [4.69, 9.17) is 0 Å². The summed E-state index contributed by atoms with van der Waals surface area (Å²) in [6, 6.07) is 0. The van der Waals surface area contributed by atoms with E-state index in [1.54, 1.807) is 0 Å². The molecule has 3 aliphatic rings. The molecule has 8 nitrogen and oxygen atoms in total. The number of piperidine rings is 1. The summed E-state index contributed by atoms with van der Waals surface area (Å²) >= 11 is 0. The van der Waals surface area contributed by atoms with Gasteiger partial charge >= 0.3 is 0 Å². The minimum atomic E-state index is 0.0171. The van der Waals surface area contributed by atoms with Gasteiger partial charge in [-0.2, -0.15) is 0 Å². The lowest BCUT2D eigenvalue weighted by atomic mass is 9.92. The van der Waals surface area contributed by atoms with Crippen molar-refractivity contribution in [2.45, 2.75) is 51.5 Å². The topological polar surface area (TPSA) is 92.2 Å². The van der Waals surface area contributed by atoms with Crippen LogP contribution in [-0.2, 0) is 16.1 Å². The number of hydrogen-bond donors (Lipinski definition) is 2. The van der Waals surface area contributed by atoms with Crippen LogP contribution in [0.1, 0.15) is 44.9 Å². The van der Waals surface area contributed by atoms with E-state index in [-0.39, 0.29) is 29.7 Å². The quantitative estimate of drug-likeness (QED) is 0.836. The van der Waals surface area contributed by atoms with Crippen LogP contribution in [-0.4, -0.2) is 57.7 Å².